The summed E-state index contributed by atoms with van der Waals surface area (Å²) in [5.74, 6) is -5.02. The zero-order valence-electron chi connectivity index (χ0n) is 6.84. The van der Waals surface area contributed by atoms with E-state index in [1.54, 1.807) is 0 Å². The molecule has 0 radical (unpaired) electrons. The number of carbonyl (C=O) groups is 3. The summed E-state index contributed by atoms with van der Waals surface area (Å²) in [6, 6.07) is 0. The van der Waals surface area contributed by atoms with Gasteiger partial charge in [0.15, 0.2) is 23.0 Å². The molecule has 0 aromatic heterocycles. The number of aliphatic carboxylic acids is 3. The molecule has 4 N–H and O–H groups in total. The number of carboxylic acid groups (broad SMARTS) is 3. The summed E-state index contributed by atoms with van der Waals surface area (Å²) in [4.78, 5) is 30.5. The molecule has 7 nitrogen and oxygen atoms in total. The van der Waals surface area contributed by atoms with Crippen LogP contribution in [0.15, 0.2) is 0 Å². The van der Waals surface area contributed by atoms with Crippen LogP contribution in [0, 0.1) is 0 Å². The third kappa shape index (κ3) is 8.70. The van der Waals surface area contributed by atoms with E-state index >= 15 is 0 Å². The van der Waals surface area contributed by atoms with Crippen LogP contribution in [0.1, 0.15) is 12.8 Å². The van der Waals surface area contributed by atoms with Gasteiger partial charge in [0, 0.05) is 0 Å². The summed E-state index contributed by atoms with van der Waals surface area (Å²) in [6.07, 6.45) is -2.29. The van der Waals surface area contributed by atoms with Crippen molar-refractivity contribution in [3.63, 3.8) is 0 Å². The van der Waals surface area contributed by atoms with E-state index in [9.17, 15) is 14.4 Å². The first-order chi connectivity index (χ1) is 5.78. The first kappa shape index (κ1) is 24.6. The van der Waals surface area contributed by atoms with Gasteiger partial charge in [-0.3, -0.25) is 9.59 Å². The van der Waals surface area contributed by atoms with Crippen LogP contribution in [0.5, 0.6) is 0 Å². The number of rotatable bonds is 5. The number of hydrogen-bond acceptors (Lipinski definition) is 4. The summed E-state index contributed by atoms with van der Waals surface area (Å²) < 4.78 is 0. The van der Waals surface area contributed by atoms with Gasteiger partial charge in [0.05, 0.1) is 12.8 Å². The predicted octanol–water partition coefficient (Wildman–Crippen LogP) is -3.46. The maximum Gasteiger partial charge on any atom is 0.336 e. The van der Waals surface area contributed by atoms with Crippen LogP contribution in [0.4, 0.5) is 0 Å². The molecule has 0 saturated heterocycles. The number of halogens is 1. The molecule has 16 heavy (non-hydrogen) atoms. The molecule has 0 saturated carbocycles. The molecule has 0 heterocycles. The summed E-state index contributed by atoms with van der Waals surface area (Å²) in [6.45, 7) is 0. The maximum atomic E-state index is 10.3. The van der Waals surface area contributed by atoms with Crippen molar-refractivity contribution in [2.75, 3.05) is 0 Å². The van der Waals surface area contributed by atoms with Crippen molar-refractivity contribution in [1.82, 2.24) is 0 Å². The third-order valence-electron chi connectivity index (χ3n) is 1.29. The van der Waals surface area contributed by atoms with Crippen LogP contribution >= 0.6 is 12.4 Å². The van der Waals surface area contributed by atoms with Crippen LogP contribution in [0.25, 0.3) is 0 Å². The fraction of sp³-hybridized carbons (Fsp3) is 0.500. The minimum atomic E-state index is -2.74. The minimum absolute atomic E-state index is 0. The summed E-state index contributed by atoms with van der Waals surface area (Å²) in [5.41, 5.74) is -2.74. The van der Waals surface area contributed by atoms with Crippen molar-refractivity contribution < 1.29 is 34.8 Å². The molecule has 0 aliphatic rings. The highest BCUT2D eigenvalue weighted by molar-refractivity contribution is 5.88. The molecule has 0 aliphatic carbocycles. The second kappa shape index (κ2) is 9.62. The van der Waals surface area contributed by atoms with Gasteiger partial charge in [-0.1, -0.05) is 0 Å². The highest BCUT2D eigenvalue weighted by Gasteiger charge is 2.40. The van der Waals surface area contributed by atoms with E-state index in [0.717, 1.165) is 0 Å². The van der Waals surface area contributed by atoms with E-state index < -0.39 is 36.4 Å². The lowest BCUT2D eigenvalue weighted by Crippen LogP contribution is -2.42. The molecule has 0 aromatic carbocycles. The van der Waals surface area contributed by atoms with Gasteiger partial charge in [-0.2, -0.15) is 0 Å². The number of aliphatic hydroxyl groups is 1. The van der Waals surface area contributed by atoms with Gasteiger partial charge in [0.2, 0.25) is 0 Å². The van der Waals surface area contributed by atoms with Gasteiger partial charge >= 0.3 is 17.9 Å². The standard InChI is InChI=1S/C6H8O7.Al.ClH.H4Si.3H/c7-3(8)1-6(13,5(11)12)2-4(9)10;;;;;;/h13H,1-2H2,(H,7,8)(H,9,10)(H,11,12);;1H;1H4;;;. The maximum absolute atomic E-state index is 10.3. The van der Waals surface area contributed by atoms with E-state index in [4.69, 9.17) is 20.4 Å². The highest BCUT2D eigenvalue weighted by atomic mass is 35.5. The molecule has 0 bridgehead atoms. The molecule has 0 spiro atoms. The van der Waals surface area contributed by atoms with Crippen molar-refractivity contribution >= 4 is 58.6 Å². The molecule has 10 heteroatoms. The molecular formula is C6H16AlClO7Si. The topological polar surface area (TPSA) is 132 Å². The van der Waals surface area contributed by atoms with Gasteiger partial charge in [-0.25, -0.2) is 4.79 Å². The quantitative estimate of drug-likeness (QED) is 0.387. The molecule has 0 fully saturated rings. The Balaban J connectivity index is -0.000000240. The van der Waals surface area contributed by atoms with Gasteiger partial charge in [-0.05, 0) is 11.0 Å². The Bertz CT molecular complexity index is 243. The van der Waals surface area contributed by atoms with Gasteiger partial charge in [0.1, 0.15) is 0 Å². The third-order valence-corrected chi connectivity index (χ3v) is 1.29. The lowest BCUT2D eigenvalue weighted by atomic mass is 9.96. The lowest BCUT2D eigenvalue weighted by Gasteiger charge is -2.18. The van der Waals surface area contributed by atoms with Crippen LogP contribution in [0.3, 0.4) is 0 Å². The van der Waals surface area contributed by atoms with Crippen molar-refractivity contribution in [2.45, 2.75) is 18.4 Å². The molecule has 0 rings (SSSR count). The van der Waals surface area contributed by atoms with E-state index in [2.05, 4.69) is 0 Å². The van der Waals surface area contributed by atoms with Crippen molar-refractivity contribution in [3.8, 4) is 0 Å². The van der Waals surface area contributed by atoms with E-state index in [-0.39, 0.29) is 40.7 Å². The van der Waals surface area contributed by atoms with Gasteiger partial charge < -0.3 is 20.4 Å². The lowest BCUT2D eigenvalue weighted by molar-refractivity contribution is -0.170. The fourth-order valence-corrected chi connectivity index (χ4v) is 0.714. The Hall–Kier alpha value is -0.591. The first-order valence-electron chi connectivity index (χ1n) is 3.17. The Labute approximate surface area is 112 Å². The zero-order chi connectivity index (χ0) is 10.6. The minimum Gasteiger partial charge on any atom is -0.481 e. The SMILES string of the molecule is Cl.O=C(O)CC(O)(CC(=O)O)C(=O)O.[AlH3].[SiH4]. The average molecular weight is 291 g/mol. The van der Waals surface area contributed by atoms with Crippen LogP contribution in [-0.2, 0) is 14.4 Å². The van der Waals surface area contributed by atoms with Crippen molar-refractivity contribution in [1.29, 1.82) is 0 Å². The normalized spacial score (nSPS) is 8.81. The second-order valence-electron chi connectivity index (χ2n) is 2.48. The summed E-state index contributed by atoms with van der Waals surface area (Å²) in [5, 5.41) is 33.8. The molecule has 0 atom stereocenters. The van der Waals surface area contributed by atoms with E-state index in [1.807, 2.05) is 0 Å². The van der Waals surface area contributed by atoms with Crippen LogP contribution in [-0.4, -0.2) is 72.3 Å². The number of carboxylic acids is 3. The second-order valence-corrected chi connectivity index (χ2v) is 2.48. The molecule has 96 valence electrons. The van der Waals surface area contributed by atoms with Crippen LogP contribution in [0.2, 0.25) is 0 Å². The molecule has 0 amide bonds. The fourth-order valence-electron chi connectivity index (χ4n) is 0.714. The van der Waals surface area contributed by atoms with Crippen LogP contribution < -0.4 is 0 Å². The van der Waals surface area contributed by atoms with Crippen molar-refractivity contribution in [2.24, 2.45) is 0 Å². The van der Waals surface area contributed by atoms with Gasteiger partial charge in [0.25, 0.3) is 0 Å². The van der Waals surface area contributed by atoms with Gasteiger partial charge in [-0.15, -0.1) is 12.4 Å². The summed E-state index contributed by atoms with van der Waals surface area (Å²) in [7, 11) is 0. The Morgan fingerprint density at radius 2 is 1.19 bits per heavy atom. The molecular weight excluding hydrogens is 275 g/mol. The average Bonchev–Trinajstić information content (AvgIpc) is 1.82. The first-order valence-corrected chi connectivity index (χ1v) is 3.17. The Morgan fingerprint density at radius 1 is 0.938 bits per heavy atom. The number of hydrogen-bond donors (Lipinski definition) is 4. The Morgan fingerprint density at radius 3 is 1.31 bits per heavy atom. The molecule has 0 aliphatic heterocycles. The molecule has 0 unspecified atom stereocenters. The molecule has 0 aromatic rings. The zero-order valence-corrected chi connectivity index (χ0v) is 7.65. The largest absolute Gasteiger partial charge is 0.481 e. The van der Waals surface area contributed by atoms with E-state index in [0.29, 0.717) is 0 Å². The monoisotopic (exact) mass is 290 g/mol. The Kier molecular flexibility index (Phi) is 14.8. The van der Waals surface area contributed by atoms with Crippen molar-refractivity contribution in [3.05, 3.63) is 0 Å². The highest BCUT2D eigenvalue weighted by Crippen LogP contribution is 2.15. The predicted molar refractivity (Wildman–Crippen MR) is 65.6 cm³/mol. The smallest absolute Gasteiger partial charge is 0.336 e. The van der Waals surface area contributed by atoms with E-state index in [1.165, 1.54) is 0 Å². The summed E-state index contributed by atoms with van der Waals surface area (Å²) >= 11 is 0.